The smallest absolute Gasteiger partial charge is 0.227 e. The van der Waals surface area contributed by atoms with Gasteiger partial charge in [0.1, 0.15) is 5.75 Å². The van der Waals surface area contributed by atoms with Crippen molar-refractivity contribution in [1.29, 1.82) is 0 Å². The second-order valence-corrected chi connectivity index (χ2v) is 10.6. The van der Waals surface area contributed by atoms with Gasteiger partial charge in [0.15, 0.2) is 0 Å². The molecular weight excluding hydrogens is 452 g/mol. The maximum Gasteiger partial charge on any atom is 0.227 e. The van der Waals surface area contributed by atoms with Gasteiger partial charge in [-0.2, -0.15) is 0 Å². The number of likely N-dealkylation sites (N-methyl/N-ethyl adjacent to an activating group) is 1. The van der Waals surface area contributed by atoms with Crippen molar-refractivity contribution in [2.75, 3.05) is 46.5 Å². The number of halogens is 1. The molecule has 0 aromatic heterocycles. The molecule has 1 N–H and O–H groups in total. The lowest BCUT2D eigenvalue weighted by molar-refractivity contribution is -0.137. The third kappa shape index (κ3) is 4.78. The summed E-state index contributed by atoms with van der Waals surface area (Å²) in [5.74, 6) is 0.0476. The molecule has 2 saturated heterocycles. The standard InChI is InChI=1S/C27H35ClN2O4/c1-29(22-8-13-33-18-22)26(32)21(14-20-15-23(31)6-7-25(20)28)16-30-11-9-27(10-12-30)24-5-3-2-4-19(24)17-34-27/h3,5-7,15,21-22,31H,2,4,8-14,16-18H2,1H3. The molecule has 1 spiro atoms. The van der Waals surface area contributed by atoms with E-state index in [0.29, 0.717) is 31.2 Å². The third-order valence-electron chi connectivity index (χ3n) is 8.08. The van der Waals surface area contributed by atoms with E-state index in [0.717, 1.165) is 57.4 Å². The van der Waals surface area contributed by atoms with Crippen molar-refractivity contribution in [2.24, 2.45) is 5.92 Å². The molecule has 3 heterocycles. The molecule has 1 aliphatic carbocycles. The van der Waals surface area contributed by atoms with E-state index in [1.807, 2.05) is 11.9 Å². The number of benzene rings is 1. The van der Waals surface area contributed by atoms with Gasteiger partial charge in [-0.3, -0.25) is 4.79 Å². The van der Waals surface area contributed by atoms with Crippen LogP contribution < -0.4 is 0 Å². The molecule has 2 atom stereocenters. The summed E-state index contributed by atoms with van der Waals surface area (Å²) in [4.78, 5) is 17.9. The molecule has 184 valence electrons. The van der Waals surface area contributed by atoms with Crippen molar-refractivity contribution in [3.05, 3.63) is 52.1 Å². The second-order valence-electron chi connectivity index (χ2n) is 10.2. The molecule has 2 unspecified atom stereocenters. The van der Waals surface area contributed by atoms with Crippen molar-refractivity contribution in [2.45, 2.75) is 50.2 Å². The Morgan fingerprint density at radius 2 is 2.18 bits per heavy atom. The number of likely N-dealkylation sites (tertiary alicyclic amines) is 1. The zero-order valence-corrected chi connectivity index (χ0v) is 20.7. The van der Waals surface area contributed by atoms with E-state index < -0.39 is 0 Å². The maximum absolute atomic E-state index is 13.6. The van der Waals surface area contributed by atoms with Gasteiger partial charge in [-0.05, 0) is 73.4 Å². The van der Waals surface area contributed by atoms with Gasteiger partial charge in [-0.15, -0.1) is 0 Å². The topological polar surface area (TPSA) is 62.2 Å². The highest BCUT2D eigenvalue weighted by Crippen LogP contribution is 2.44. The van der Waals surface area contributed by atoms with Crippen LogP contribution in [0, 0.1) is 5.92 Å². The van der Waals surface area contributed by atoms with Crippen LogP contribution in [-0.4, -0.2) is 79.0 Å². The van der Waals surface area contributed by atoms with Gasteiger partial charge in [0.25, 0.3) is 0 Å². The number of amides is 1. The summed E-state index contributed by atoms with van der Waals surface area (Å²) in [5, 5.41) is 10.6. The Hall–Kier alpha value is -1.86. The SMILES string of the molecule is CN(C(=O)C(Cc1cc(O)ccc1Cl)CN1CCC2(CC1)OCC1=C2C=CCC1)C1CCOC1. The van der Waals surface area contributed by atoms with Gasteiger partial charge in [0, 0.05) is 38.3 Å². The largest absolute Gasteiger partial charge is 0.508 e. The van der Waals surface area contributed by atoms with Gasteiger partial charge >= 0.3 is 0 Å². The number of rotatable bonds is 6. The average Bonchev–Trinajstić information content (AvgIpc) is 3.51. The van der Waals surface area contributed by atoms with Gasteiger partial charge in [0.2, 0.25) is 5.91 Å². The lowest BCUT2D eigenvalue weighted by atomic mass is 9.80. The van der Waals surface area contributed by atoms with Crippen LogP contribution in [0.4, 0.5) is 0 Å². The molecule has 0 bridgehead atoms. The lowest BCUT2D eigenvalue weighted by Crippen LogP contribution is -2.50. The van der Waals surface area contributed by atoms with Crippen LogP contribution in [0.15, 0.2) is 41.5 Å². The minimum atomic E-state index is -0.243. The van der Waals surface area contributed by atoms with Crippen molar-refractivity contribution < 1.29 is 19.4 Å². The van der Waals surface area contributed by atoms with E-state index in [4.69, 9.17) is 21.1 Å². The summed E-state index contributed by atoms with van der Waals surface area (Å²) >= 11 is 6.44. The number of carbonyl (C=O) groups is 1. The predicted octanol–water partition coefficient (Wildman–Crippen LogP) is 3.96. The fourth-order valence-electron chi connectivity index (χ4n) is 5.97. The number of ether oxygens (including phenoxy) is 2. The van der Waals surface area contributed by atoms with Gasteiger partial charge in [-0.25, -0.2) is 0 Å². The van der Waals surface area contributed by atoms with E-state index in [-0.39, 0.29) is 29.2 Å². The zero-order chi connectivity index (χ0) is 23.7. The first kappa shape index (κ1) is 23.9. The van der Waals surface area contributed by atoms with Crippen molar-refractivity contribution >= 4 is 17.5 Å². The summed E-state index contributed by atoms with van der Waals surface area (Å²) in [6, 6.07) is 5.09. The minimum Gasteiger partial charge on any atom is -0.508 e. The monoisotopic (exact) mass is 486 g/mol. The number of aromatic hydroxyl groups is 1. The van der Waals surface area contributed by atoms with Crippen molar-refractivity contribution in [3.8, 4) is 5.75 Å². The average molecular weight is 487 g/mol. The minimum absolute atomic E-state index is 0.118. The summed E-state index contributed by atoms with van der Waals surface area (Å²) in [5.41, 5.74) is 3.56. The summed E-state index contributed by atoms with van der Waals surface area (Å²) in [7, 11) is 1.89. The zero-order valence-electron chi connectivity index (χ0n) is 20.0. The van der Waals surface area contributed by atoms with Crippen molar-refractivity contribution in [1.82, 2.24) is 9.80 Å². The quantitative estimate of drug-likeness (QED) is 0.659. The van der Waals surface area contributed by atoms with Crippen LogP contribution in [0.5, 0.6) is 5.75 Å². The number of fused-ring (bicyclic) bond motifs is 1. The predicted molar refractivity (Wildman–Crippen MR) is 132 cm³/mol. The first-order valence-corrected chi connectivity index (χ1v) is 12.9. The Balaban J connectivity index is 1.29. The third-order valence-corrected chi connectivity index (χ3v) is 8.45. The molecule has 1 amide bonds. The Morgan fingerprint density at radius 3 is 2.94 bits per heavy atom. The molecule has 5 rings (SSSR count). The van der Waals surface area contributed by atoms with Gasteiger partial charge in [-0.1, -0.05) is 23.8 Å². The lowest BCUT2D eigenvalue weighted by Gasteiger charge is -2.41. The molecule has 1 aromatic carbocycles. The molecule has 1 aromatic rings. The Morgan fingerprint density at radius 1 is 1.35 bits per heavy atom. The number of hydrogen-bond acceptors (Lipinski definition) is 5. The van der Waals surface area contributed by atoms with Crippen LogP contribution in [0.1, 0.15) is 37.7 Å². The summed E-state index contributed by atoms with van der Waals surface area (Å²) in [6.07, 6.45) is 10.1. The highest BCUT2D eigenvalue weighted by Gasteiger charge is 2.44. The van der Waals surface area contributed by atoms with E-state index in [9.17, 15) is 9.90 Å². The Labute approximate surface area is 207 Å². The second kappa shape index (κ2) is 10.0. The highest BCUT2D eigenvalue weighted by molar-refractivity contribution is 6.31. The number of allylic oxidation sites excluding steroid dienone is 1. The number of phenols is 1. The fourth-order valence-corrected chi connectivity index (χ4v) is 6.16. The van der Waals surface area contributed by atoms with Crippen LogP contribution in [0.3, 0.4) is 0 Å². The molecule has 7 heteroatoms. The summed E-state index contributed by atoms with van der Waals surface area (Å²) < 4.78 is 11.9. The highest BCUT2D eigenvalue weighted by atomic mass is 35.5. The summed E-state index contributed by atoms with van der Waals surface area (Å²) in [6.45, 7) is 4.53. The van der Waals surface area contributed by atoms with Crippen LogP contribution in [-0.2, 0) is 20.7 Å². The number of carbonyl (C=O) groups excluding carboxylic acids is 1. The first-order chi connectivity index (χ1) is 16.4. The number of phenolic OH excluding ortho intramolecular Hbond substituents is 1. The first-order valence-electron chi connectivity index (χ1n) is 12.5. The molecule has 0 saturated carbocycles. The molecule has 6 nitrogen and oxygen atoms in total. The Bertz CT molecular complexity index is 977. The normalized spacial score (nSPS) is 25.1. The van der Waals surface area contributed by atoms with E-state index in [2.05, 4.69) is 17.1 Å². The molecule has 34 heavy (non-hydrogen) atoms. The van der Waals surface area contributed by atoms with E-state index >= 15 is 0 Å². The van der Waals surface area contributed by atoms with Gasteiger partial charge in [0.05, 0.1) is 30.8 Å². The number of piperidine rings is 1. The molecule has 0 radical (unpaired) electrons. The maximum atomic E-state index is 13.6. The Kier molecular flexibility index (Phi) is 7.03. The van der Waals surface area contributed by atoms with Crippen LogP contribution >= 0.6 is 11.6 Å². The van der Waals surface area contributed by atoms with Gasteiger partial charge < -0.3 is 24.4 Å². The number of nitrogens with zero attached hydrogens (tertiary/aromatic N) is 2. The van der Waals surface area contributed by atoms with E-state index in [1.54, 1.807) is 18.2 Å². The molecule has 3 aliphatic heterocycles. The van der Waals surface area contributed by atoms with Crippen LogP contribution in [0.25, 0.3) is 0 Å². The molecule has 2 fully saturated rings. The van der Waals surface area contributed by atoms with E-state index in [1.165, 1.54) is 11.1 Å². The van der Waals surface area contributed by atoms with Crippen LogP contribution in [0.2, 0.25) is 5.02 Å². The molecular formula is C27H35ClN2O4. The number of hydrogen-bond donors (Lipinski definition) is 1. The fraction of sp³-hybridized carbons (Fsp3) is 0.593. The molecule has 4 aliphatic rings. The van der Waals surface area contributed by atoms with Crippen molar-refractivity contribution in [3.63, 3.8) is 0 Å².